The van der Waals surface area contributed by atoms with E-state index in [1.54, 1.807) is 6.92 Å². The van der Waals surface area contributed by atoms with Gasteiger partial charge in [0.25, 0.3) is 0 Å². The quantitative estimate of drug-likeness (QED) is 0.787. The second kappa shape index (κ2) is 4.16. The molecule has 0 aliphatic carbocycles. The average Bonchev–Trinajstić information content (AvgIpc) is 2.04. The smallest absolute Gasteiger partial charge is 0.212 e. The molecule has 0 heterocycles. The van der Waals surface area contributed by atoms with Crippen LogP contribution in [-0.2, 0) is 14.8 Å². The molecule has 0 saturated heterocycles. The lowest BCUT2D eigenvalue weighted by atomic mass is 10.1. The van der Waals surface area contributed by atoms with E-state index in [1.165, 1.54) is 12.1 Å². The van der Waals surface area contributed by atoms with Gasteiger partial charge in [-0.15, -0.1) is 0 Å². The maximum Gasteiger partial charge on any atom is 0.236 e. The van der Waals surface area contributed by atoms with Gasteiger partial charge in [-0.2, -0.15) is 0 Å². The topological polar surface area (TPSA) is 34.1 Å². The third kappa shape index (κ3) is 2.93. The number of rotatable bonds is 2. The first-order valence-corrected chi connectivity index (χ1v) is 6.94. The van der Waals surface area contributed by atoms with Gasteiger partial charge in [0.1, 0.15) is 5.82 Å². The Hall–Kier alpha value is -0.130. The van der Waals surface area contributed by atoms with E-state index >= 15 is 0 Å². The SMILES string of the molecule is Cc1ccc(F)c(Br)c1CS(=O)(=O)Cl. The van der Waals surface area contributed by atoms with Crippen LogP contribution in [0, 0.1) is 12.7 Å². The summed E-state index contributed by atoms with van der Waals surface area (Å²) >= 11 is 2.99. The second-order valence-electron chi connectivity index (χ2n) is 2.84. The lowest BCUT2D eigenvalue weighted by Gasteiger charge is -2.06. The fourth-order valence-electron chi connectivity index (χ4n) is 1.04. The number of aryl methyl sites for hydroxylation is 1. The van der Waals surface area contributed by atoms with Crippen LogP contribution in [0.4, 0.5) is 4.39 Å². The van der Waals surface area contributed by atoms with Crippen molar-refractivity contribution in [2.75, 3.05) is 0 Å². The normalized spacial score (nSPS) is 11.7. The highest BCUT2D eigenvalue weighted by Crippen LogP contribution is 2.26. The Morgan fingerprint density at radius 3 is 2.57 bits per heavy atom. The molecule has 0 amide bonds. The molecule has 0 aliphatic rings. The first-order valence-electron chi connectivity index (χ1n) is 3.67. The van der Waals surface area contributed by atoms with Gasteiger partial charge in [-0.25, -0.2) is 12.8 Å². The summed E-state index contributed by atoms with van der Waals surface area (Å²) in [7, 11) is 1.43. The molecule has 0 spiro atoms. The Balaban J connectivity index is 3.27. The summed E-state index contributed by atoms with van der Waals surface area (Å²) < 4.78 is 34.9. The number of hydrogen-bond donors (Lipinski definition) is 0. The van der Waals surface area contributed by atoms with E-state index in [9.17, 15) is 12.8 Å². The molecule has 0 bridgehead atoms. The van der Waals surface area contributed by atoms with Crippen LogP contribution in [0.15, 0.2) is 16.6 Å². The Labute approximate surface area is 94.6 Å². The van der Waals surface area contributed by atoms with Crippen molar-refractivity contribution in [2.24, 2.45) is 0 Å². The van der Waals surface area contributed by atoms with Gasteiger partial charge in [-0.3, -0.25) is 0 Å². The van der Waals surface area contributed by atoms with E-state index in [-0.39, 0.29) is 10.2 Å². The summed E-state index contributed by atoms with van der Waals surface area (Å²) in [5.74, 6) is -0.871. The van der Waals surface area contributed by atoms with Crippen molar-refractivity contribution in [2.45, 2.75) is 12.7 Å². The zero-order valence-electron chi connectivity index (χ0n) is 7.22. The summed E-state index contributed by atoms with van der Waals surface area (Å²) in [6, 6.07) is 2.78. The summed E-state index contributed by atoms with van der Waals surface area (Å²) in [4.78, 5) is 0. The monoisotopic (exact) mass is 300 g/mol. The average molecular weight is 302 g/mol. The highest BCUT2D eigenvalue weighted by Gasteiger charge is 2.15. The first kappa shape index (κ1) is 11.9. The Kier molecular flexibility index (Phi) is 3.55. The van der Waals surface area contributed by atoms with Crippen LogP contribution in [-0.4, -0.2) is 8.42 Å². The molecule has 78 valence electrons. The minimum Gasteiger partial charge on any atom is -0.212 e. The van der Waals surface area contributed by atoms with E-state index in [0.717, 1.165) is 0 Å². The molecule has 0 aromatic heterocycles. The highest BCUT2D eigenvalue weighted by molar-refractivity contribution is 9.10. The Bertz CT molecular complexity index is 459. The van der Waals surface area contributed by atoms with Gasteiger partial charge in [0, 0.05) is 10.7 Å². The molecular weight excluding hydrogens is 295 g/mol. The van der Waals surface area contributed by atoms with Crippen molar-refractivity contribution in [1.82, 2.24) is 0 Å². The van der Waals surface area contributed by atoms with Gasteiger partial charge in [-0.1, -0.05) is 6.07 Å². The van der Waals surface area contributed by atoms with Crippen LogP contribution in [0.5, 0.6) is 0 Å². The number of benzene rings is 1. The largest absolute Gasteiger partial charge is 0.236 e. The maximum atomic E-state index is 13.0. The summed E-state index contributed by atoms with van der Waals surface area (Å²) in [5, 5.41) is 0. The molecule has 14 heavy (non-hydrogen) atoms. The molecule has 0 saturated carbocycles. The van der Waals surface area contributed by atoms with Crippen LogP contribution < -0.4 is 0 Å². The molecule has 2 nitrogen and oxygen atoms in total. The minimum absolute atomic E-state index is 0.154. The molecule has 1 aromatic carbocycles. The van der Waals surface area contributed by atoms with Crippen molar-refractivity contribution < 1.29 is 12.8 Å². The van der Waals surface area contributed by atoms with Gasteiger partial charge in [0.15, 0.2) is 0 Å². The van der Waals surface area contributed by atoms with Gasteiger partial charge < -0.3 is 0 Å². The van der Waals surface area contributed by atoms with Crippen molar-refractivity contribution >= 4 is 35.7 Å². The molecule has 0 unspecified atom stereocenters. The molecule has 0 fully saturated rings. The molecule has 0 N–H and O–H groups in total. The second-order valence-corrected chi connectivity index (χ2v) is 6.41. The predicted molar refractivity (Wildman–Crippen MR) is 57.3 cm³/mol. The summed E-state index contributed by atoms with van der Waals surface area (Å²) in [6.45, 7) is 1.70. The van der Waals surface area contributed by atoms with E-state index in [0.29, 0.717) is 11.1 Å². The highest BCUT2D eigenvalue weighted by atomic mass is 79.9. The zero-order valence-corrected chi connectivity index (χ0v) is 10.4. The Morgan fingerprint density at radius 1 is 1.50 bits per heavy atom. The minimum atomic E-state index is -3.66. The van der Waals surface area contributed by atoms with E-state index in [4.69, 9.17) is 10.7 Å². The van der Waals surface area contributed by atoms with E-state index < -0.39 is 14.9 Å². The van der Waals surface area contributed by atoms with Crippen molar-refractivity contribution in [3.05, 3.63) is 33.5 Å². The van der Waals surface area contributed by atoms with Gasteiger partial charge in [0.05, 0.1) is 10.2 Å². The van der Waals surface area contributed by atoms with Crippen LogP contribution in [0.25, 0.3) is 0 Å². The molecule has 6 heteroatoms. The molecule has 1 rings (SSSR count). The van der Waals surface area contributed by atoms with Gasteiger partial charge >= 0.3 is 0 Å². The van der Waals surface area contributed by atoms with Gasteiger partial charge in [0.2, 0.25) is 9.05 Å². The summed E-state index contributed by atoms with van der Waals surface area (Å²) in [6.07, 6.45) is 0. The summed E-state index contributed by atoms with van der Waals surface area (Å²) in [5.41, 5.74) is 1.04. The fourth-order valence-corrected chi connectivity index (χ4v) is 2.85. The van der Waals surface area contributed by atoms with Crippen LogP contribution in [0.3, 0.4) is 0 Å². The first-order chi connectivity index (χ1) is 6.31. The molecule has 0 radical (unpaired) electrons. The molecule has 0 aliphatic heterocycles. The lowest BCUT2D eigenvalue weighted by Crippen LogP contribution is -2.00. The maximum absolute atomic E-state index is 13.0. The van der Waals surface area contributed by atoms with E-state index in [1.807, 2.05) is 0 Å². The van der Waals surface area contributed by atoms with Crippen LogP contribution >= 0.6 is 26.6 Å². The van der Waals surface area contributed by atoms with Crippen molar-refractivity contribution in [3.8, 4) is 0 Å². The van der Waals surface area contributed by atoms with Crippen LogP contribution in [0.1, 0.15) is 11.1 Å². The third-order valence-corrected chi connectivity index (χ3v) is 3.57. The number of halogens is 3. The van der Waals surface area contributed by atoms with Crippen LogP contribution in [0.2, 0.25) is 0 Å². The van der Waals surface area contributed by atoms with Crippen molar-refractivity contribution in [3.63, 3.8) is 0 Å². The third-order valence-electron chi connectivity index (χ3n) is 1.75. The molecular formula is C8H7BrClFO2S. The predicted octanol–water partition coefficient (Wildman–Crippen LogP) is 2.97. The number of hydrogen-bond acceptors (Lipinski definition) is 2. The molecule has 1 aromatic rings. The van der Waals surface area contributed by atoms with Crippen molar-refractivity contribution in [1.29, 1.82) is 0 Å². The molecule has 0 atom stereocenters. The fraction of sp³-hybridized carbons (Fsp3) is 0.250. The lowest BCUT2D eigenvalue weighted by molar-refractivity contribution is 0.606. The standard InChI is InChI=1S/C8H7BrClFO2S/c1-5-2-3-7(11)8(9)6(5)4-14(10,12)13/h2-3H,4H2,1H3. The van der Waals surface area contributed by atoms with E-state index in [2.05, 4.69) is 15.9 Å². The zero-order chi connectivity index (χ0) is 10.9. The Morgan fingerprint density at radius 2 is 2.07 bits per heavy atom. The van der Waals surface area contributed by atoms with Gasteiger partial charge in [-0.05, 0) is 40.0 Å².